The smallest absolute Gasteiger partial charge is 0.0445 e. The molecular weight excluding hydrogens is 156 g/mol. The quantitative estimate of drug-likeness (QED) is 0.640. The summed E-state index contributed by atoms with van der Waals surface area (Å²) in [4.78, 5) is 2.52. The lowest BCUT2D eigenvalue weighted by Crippen LogP contribution is -2.43. The minimum absolute atomic E-state index is 1.17. The highest BCUT2D eigenvalue weighted by atomic mass is 32.2. The normalized spacial score (nSPS) is 20.5. The molecule has 1 aliphatic rings. The molecule has 0 aromatic heterocycles. The number of nitrogens with zero attached hydrogens (tertiary/aromatic N) is 1. The van der Waals surface area contributed by atoms with E-state index in [4.69, 9.17) is 0 Å². The van der Waals surface area contributed by atoms with E-state index in [1.165, 1.54) is 44.2 Å². The van der Waals surface area contributed by atoms with Gasteiger partial charge in [0, 0.05) is 32.1 Å². The molecule has 0 bridgehead atoms. The van der Waals surface area contributed by atoms with E-state index in [-0.39, 0.29) is 0 Å². The van der Waals surface area contributed by atoms with E-state index >= 15 is 0 Å². The molecule has 1 fully saturated rings. The molecule has 3 heteroatoms. The van der Waals surface area contributed by atoms with Crippen molar-refractivity contribution >= 4 is 11.8 Å². The van der Waals surface area contributed by atoms with Gasteiger partial charge in [-0.05, 0) is 12.2 Å². The number of hydrogen-bond donors (Lipinski definition) is 1. The van der Waals surface area contributed by atoms with Crippen molar-refractivity contribution in [2.75, 3.05) is 37.8 Å². The first-order chi connectivity index (χ1) is 5.43. The van der Waals surface area contributed by atoms with Gasteiger partial charge in [0.2, 0.25) is 0 Å². The molecule has 0 atom stereocenters. The van der Waals surface area contributed by atoms with Crippen molar-refractivity contribution in [3.8, 4) is 0 Å². The summed E-state index contributed by atoms with van der Waals surface area (Å²) >= 11 is 2.06. The van der Waals surface area contributed by atoms with Crippen LogP contribution in [0.15, 0.2) is 0 Å². The number of hydrogen-bond acceptors (Lipinski definition) is 3. The van der Waals surface area contributed by atoms with Crippen LogP contribution in [0.1, 0.15) is 13.3 Å². The Morgan fingerprint density at radius 2 is 2.09 bits per heavy atom. The van der Waals surface area contributed by atoms with Crippen molar-refractivity contribution in [2.24, 2.45) is 0 Å². The number of rotatable bonds is 4. The van der Waals surface area contributed by atoms with Crippen LogP contribution in [0.3, 0.4) is 0 Å². The summed E-state index contributed by atoms with van der Waals surface area (Å²) in [5.41, 5.74) is 0. The minimum atomic E-state index is 1.17. The van der Waals surface area contributed by atoms with Gasteiger partial charge in [0.25, 0.3) is 0 Å². The van der Waals surface area contributed by atoms with E-state index in [0.29, 0.717) is 0 Å². The molecule has 11 heavy (non-hydrogen) atoms. The maximum atomic E-state index is 3.35. The van der Waals surface area contributed by atoms with Crippen LogP contribution < -0.4 is 5.32 Å². The maximum absolute atomic E-state index is 3.35. The Morgan fingerprint density at radius 1 is 1.36 bits per heavy atom. The Labute approximate surface area is 73.7 Å². The van der Waals surface area contributed by atoms with Gasteiger partial charge in [0.1, 0.15) is 0 Å². The highest BCUT2D eigenvalue weighted by Gasteiger charge is 2.07. The predicted molar refractivity (Wildman–Crippen MR) is 52.1 cm³/mol. The molecule has 0 radical (unpaired) electrons. The van der Waals surface area contributed by atoms with Crippen LogP contribution >= 0.6 is 11.8 Å². The Balaban J connectivity index is 1.96. The van der Waals surface area contributed by atoms with Crippen LogP contribution in [0.25, 0.3) is 0 Å². The van der Waals surface area contributed by atoms with Crippen LogP contribution in [0.5, 0.6) is 0 Å². The van der Waals surface area contributed by atoms with Crippen molar-refractivity contribution in [1.29, 1.82) is 0 Å². The van der Waals surface area contributed by atoms with Gasteiger partial charge in [-0.25, -0.2) is 0 Å². The molecule has 0 spiro atoms. The predicted octanol–water partition coefficient (Wildman–Crippen LogP) is 0.992. The first-order valence-corrected chi connectivity index (χ1v) is 5.59. The lowest BCUT2D eigenvalue weighted by atomic mass is 10.4. The zero-order chi connectivity index (χ0) is 7.94. The van der Waals surface area contributed by atoms with Crippen molar-refractivity contribution in [1.82, 2.24) is 10.2 Å². The molecule has 1 heterocycles. The van der Waals surface area contributed by atoms with Crippen molar-refractivity contribution in [2.45, 2.75) is 13.3 Å². The van der Waals surface area contributed by atoms with E-state index in [2.05, 4.69) is 28.9 Å². The highest BCUT2D eigenvalue weighted by Crippen LogP contribution is 2.05. The average molecular weight is 174 g/mol. The molecule has 1 rings (SSSR count). The van der Waals surface area contributed by atoms with Crippen LogP contribution in [0, 0.1) is 0 Å². The molecule has 0 aliphatic carbocycles. The summed E-state index contributed by atoms with van der Waals surface area (Å²) in [6.07, 6.45) is 1.30. The van der Waals surface area contributed by atoms with Crippen molar-refractivity contribution in [3.05, 3.63) is 0 Å². The fourth-order valence-corrected chi connectivity index (χ4v) is 2.11. The Hall–Kier alpha value is 0.270. The topological polar surface area (TPSA) is 15.3 Å². The molecule has 0 saturated carbocycles. The molecule has 2 nitrogen and oxygen atoms in total. The molecule has 0 aromatic carbocycles. The molecule has 0 amide bonds. The van der Waals surface area contributed by atoms with E-state index in [9.17, 15) is 0 Å². The highest BCUT2D eigenvalue weighted by molar-refractivity contribution is 7.99. The molecule has 1 aliphatic heterocycles. The van der Waals surface area contributed by atoms with Crippen LogP contribution in [-0.4, -0.2) is 42.7 Å². The molecule has 1 N–H and O–H groups in total. The summed E-state index contributed by atoms with van der Waals surface area (Å²) < 4.78 is 0. The monoisotopic (exact) mass is 174 g/mol. The molecular formula is C8H18N2S. The van der Waals surface area contributed by atoms with Crippen molar-refractivity contribution in [3.63, 3.8) is 0 Å². The largest absolute Gasteiger partial charge is 0.314 e. The summed E-state index contributed by atoms with van der Waals surface area (Å²) in [5.74, 6) is 2.54. The summed E-state index contributed by atoms with van der Waals surface area (Å²) in [6.45, 7) is 7.05. The van der Waals surface area contributed by atoms with Gasteiger partial charge >= 0.3 is 0 Å². The Kier molecular flexibility index (Phi) is 4.99. The first-order valence-electron chi connectivity index (χ1n) is 4.44. The lowest BCUT2D eigenvalue weighted by Gasteiger charge is -2.26. The fourth-order valence-electron chi connectivity index (χ4n) is 1.18. The third-order valence-electron chi connectivity index (χ3n) is 1.83. The second-order valence-electron chi connectivity index (χ2n) is 2.91. The van der Waals surface area contributed by atoms with E-state index in [0.717, 1.165) is 0 Å². The van der Waals surface area contributed by atoms with Crippen LogP contribution in [-0.2, 0) is 0 Å². The van der Waals surface area contributed by atoms with Gasteiger partial charge in [-0.2, -0.15) is 0 Å². The number of piperazine rings is 1. The number of thioether (sulfide) groups is 1. The summed E-state index contributed by atoms with van der Waals surface area (Å²) in [5, 5.41) is 3.35. The zero-order valence-corrected chi connectivity index (χ0v) is 8.12. The average Bonchev–Trinajstić information content (AvgIpc) is 2.07. The van der Waals surface area contributed by atoms with Crippen LogP contribution in [0.2, 0.25) is 0 Å². The fraction of sp³-hybridized carbons (Fsp3) is 1.00. The third-order valence-corrected chi connectivity index (χ3v) is 3.08. The number of nitrogens with one attached hydrogen (secondary N) is 1. The maximum Gasteiger partial charge on any atom is 0.0445 e. The first kappa shape index (κ1) is 9.36. The van der Waals surface area contributed by atoms with Gasteiger partial charge in [-0.15, -0.1) is 11.8 Å². The van der Waals surface area contributed by atoms with Gasteiger partial charge in [-0.1, -0.05) is 6.92 Å². The zero-order valence-electron chi connectivity index (χ0n) is 7.31. The van der Waals surface area contributed by atoms with E-state index in [1.54, 1.807) is 0 Å². The van der Waals surface area contributed by atoms with Gasteiger partial charge in [0.15, 0.2) is 0 Å². The Morgan fingerprint density at radius 3 is 2.73 bits per heavy atom. The molecule has 1 saturated heterocycles. The third kappa shape index (κ3) is 3.99. The van der Waals surface area contributed by atoms with Gasteiger partial charge < -0.3 is 5.32 Å². The standard InChI is InChI=1S/C8H18N2S/c1-2-7-11-8-10-5-3-9-4-6-10/h9H,2-8H2,1H3. The molecule has 66 valence electrons. The van der Waals surface area contributed by atoms with Gasteiger partial charge in [-0.3, -0.25) is 4.90 Å². The Bertz CT molecular complexity index is 92.1. The second kappa shape index (κ2) is 5.86. The molecule has 0 aromatic rings. The van der Waals surface area contributed by atoms with Crippen molar-refractivity contribution < 1.29 is 0 Å². The van der Waals surface area contributed by atoms with E-state index < -0.39 is 0 Å². The molecule has 0 unspecified atom stereocenters. The van der Waals surface area contributed by atoms with Crippen LogP contribution in [0.4, 0.5) is 0 Å². The summed E-state index contributed by atoms with van der Waals surface area (Å²) in [7, 11) is 0. The van der Waals surface area contributed by atoms with E-state index in [1.807, 2.05) is 0 Å². The summed E-state index contributed by atoms with van der Waals surface area (Å²) in [6, 6.07) is 0. The van der Waals surface area contributed by atoms with Gasteiger partial charge in [0.05, 0.1) is 0 Å². The SMILES string of the molecule is CCCSCN1CCNCC1. The minimum Gasteiger partial charge on any atom is -0.314 e. The second-order valence-corrected chi connectivity index (χ2v) is 3.98. The lowest BCUT2D eigenvalue weighted by molar-refractivity contribution is 0.280.